The third kappa shape index (κ3) is 2.35. The van der Waals surface area contributed by atoms with Gasteiger partial charge in [-0.05, 0) is 31.2 Å². The van der Waals surface area contributed by atoms with Crippen LogP contribution in [0, 0.1) is 6.92 Å². The highest BCUT2D eigenvalue weighted by Crippen LogP contribution is 2.35. The Kier molecular flexibility index (Phi) is 3.89. The normalized spacial score (nSPS) is 10.7. The Labute approximate surface area is 111 Å². The third-order valence-corrected chi connectivity index (χ3v) is 3.03. The van der Waals surface area contributed by atoms with Crippen molar-refractivity contribution >= 4 is 11.6 Å². The molecule has 0 spiro atoms. The van der Waals surface area contributed by atoms with Gasteiger partial charge in [-0.3, -0.25) is 0 Å². The van der Waals surface area contributed by atoms with Gasteiger partial charge in [-0.1, -0.05) is 11.6 Å². The Morgan fingerprint density at radius 2 is 2.22 bits per heavy atom. The number of nitrogens with one attached hydrogen (secondary N) is 1. The van der Waals surface area contributed by atoms with E-state index in [4.69, 9.17) is 22.1 Å². The van der Waals surface area contributed by atoms with E-state index in [2.05, 4.69) is 9.97 Å². The monoisotopic (exact) mass is 265 g/mol. The van der Waals surface area contributed by atoms with Crippen LogP contribution in [0.5, 0.6) is 5.75 Å². The first-order valence-electron chi connectivity index (χ1n) is 5.74. The number of methoxy groups -OCH3 is 1. The molecular weight excluding hydrogens is 250 g/mol. The van der Waals surface area contributed by atoms with Crippen LogP contribution in [0.4, 0.5) is 0 Å². The average Bonchev–Trinajstić information content (AvgIpc) is 2.76. The highest BCUT2D eigenvalue weighted by atomic mass is 35.5. The van der Waals surface area contributed by atoms with E-state index in [-0.39, 0.29) is 0 Å². The van der Waals surface area contributed by atoms with Crippen molar-refractivity contribution in [2.45, 2.75) is 13.3 Å². The molecule has 96 valence electrons. The first kappa shape index (κ1) is 12.9. The van der Waals surface area contributed by atoms with Crippen LogP contribution in [0.1, 0.15) is 11.3 Å². The smallest absolute Gasteiger partial charge is 0.131 e. The molecule has 0 aliphatic rings. The number of aromatic nitrogens is 2. The Bertz CT molecular complexity index is 551. The van der Waals surface area contributed by atoms with Crippen LogP contribution in [0.3, 0.4) is 0 Å². The zero-order valence-corrected chi connectivity index (χ0v) is 11.2. The molecule has 18 heavy (non-hydrogen) atoms. The standard InChI is InChI=1S/C13H16ClN3O/c1-8-5-9(14)6-10(13(8)18-2)12-11(3-4-15)16-7-17-12/h5-7H,3-4,15H2,1-2H3,(H,16,17). The number of hydrogen-bond acceptors (Lipinski definition) is 3. The van der Waals surface area contributed by atoms with Gasteiger partial charge in [0, 0.05) is 22.7 Å². The largest absolute Gasteiger partial charge is 0.496 e. The van der Waals surface area contributed by atoms with E-state index in [9.17, 15) is 0 Å². The molecule has 0 aliphatic carbocycles. The second-order valence-electron chi connectivity index (χ2n) is 4.07. The number of aromatic amines is 1. The summed E-state index contributed by atoms with van der Waals surface area (Å²) < 4.78 is 5.44. The number of aryl methyl sites for hydroxylation is 1. The molecule has 2 rings (SSSR count). The predicted octanol–water partition coefficient (Wildman–Crippen LogP) is 2.55. The Morgan fingerprint density at radius 1 is 1.44 bits per heavy atom. The van der Waals surface area contributed by atoms with Crippen LogP contribution in [-0.2, 0) is 6.42 Å². The molecule has 0 amide bonds. The van der Waals surface area contributed by atoms with Gasteiger partial charge in [0.05, 0.1) is 19.1 Å². The molecule has 0 saturated heterocycles. The van der Waals surface area contributed by atoms with Gasteiger partial charge in [0.1, 0.15) is 5.75 Å². The fourth-order valence-corrected chi connectivity index (χ4v) is 2.34. The lowest BCUT2D eigenvalue weighted by molar-refractivity contribution is 0.413. The van der Waals surface area contributed by atoms with Crippen LogP contribution in [0.25, 0.3) is 11.3 Å². The zero-order chi connectivity index (χ0) is 13.1. The first-order valence-corrected chi connectivity index (χ1v) is 6.12. The van der Waals surface area contributed by atoms with Crippen LogP contribution in [0.15, 0.2) is 18.5 Å². The molecule has 0 unspecified atom stereocenters. The average molecular weight is 266 g/mol. The van der Waals surface area contributed by atoms with Crippen molar-refractivity contribution in [2.24, 2.45) is 5.73 Å². The summed E-state index contributed by atoms with van der Waals surface area (Å²) in [7, 11) is 1.65. The lowest BCUT2D eigenvalue weighted by Gasteiger charge is -2.11. The van der Waals surface area contributed by atoms with E-state index < -0.39 is 0 Å². The summed E-state index contributed by atoms with van der Waals surface area (Å²) in [5, 5.41) is 0.671. The predicted molar refractivity (Wildman–Crippen MR) is 73.1 cm³/mol. The Morgan fingerprint density at radius 3 is 2.89 bits per heavy atom. The summed E-state index contributed by atoms with van der Waals surface area (Å²) in [4.78, 5) is 7.45. The fourth-order valence-electron chi connectivity index (χ4n) is 2.06. The summed E-state index contributed by atoms with van der Waals surface area (Å²) in [5.74, 6) is 0.796. The second kappa shape index (κ2) is 5.42. The maximum Gasteiger partial charge on any atom is 0.131 e. The van der Waals surface area contributed by atoms with Crippen LogP contribution < -0.4 is 10.5 Å². The Balaban J connectivity index is 2.58. The van der Waals surface area contributed by atoms with E-state index in [0.717, 1.165) is 34.7 Å². The minimum atomic E-state index is 0.567. The van der Waals surface area contributed by atoms with E-state index in [1.165, 1.54) is 0 Å². The summed E-state index contributed by atoms with van der Waals surface area (Å²) in [6.45, 7) is 2.53. The van der Waals surface area contributed by atoms with Gasteiger partial charge in [-0.25, -0.2) is 4.98 Å². The van der Waals surface area contributed by atoms with E-state index in [0.29, 0.717) is 11.6 Å². The number of rotatable bonds is 4. The quantitative estimate of drug-likeness (QED) is 0.893. The van der Waals surface area contributed by atoms with Crippen LogP contribution in [-0.4, -0.2) is 23.6 Å². The van der Waals surface area contributed by atoms with Crippen molar-refractivity contribution < 1.29 is 4.74 Å². The maximum absolute atomic E-state index is 6.11. The molecule has 4 nitrogen and oxygen atoms in total. The summed E-state index contributed by atoms with van der Waals surface area (Å²) in [5.41, 5.74) is 9.32. The van der Waals surface area contributed by atoms with Gasteiger partial charge < -0.3 is 15.5 Å². The minimum Gasteiger partial charge on any atom is -0.496 e. The molecule has 0 fully saturated rings. The molecule has 1 aromatic heterocycles. The van der Waals surface area contributed by atoms with E-state index in [1.54, 1.807) is 13.4 Å². The number of benzene rings is 1. The zero-order valence-electron chi connectivity index (χ0n) is 10.5. The highest BCUT2D eigenvalue weighted by molar-refractivity contribution is 6.31. The van der Waals surface area contributed by atoms with Crippen molar-refractivity contribution in [3.05, 3.63) is 34.7 Å². The van der Waals surface area contributed by atoms with Gasteiger partial charge in [0.15, 0.2) is 0 Å². The third-order valence-electron chi connectivity index (χ3n) is 2.81. The van der Waals surface area contributed by atoms with E-state index >= 15 is 0 Å². The lowest BCUT2D eigenvalue weighted by Crippen LogP contribution is -2.04. The van der Waals surface area contributed by atoms with Crippen molar-refractivity contribution in [3.8, 4) is 17.0 Å². The van der Waals surface area contributed by atoms with Crippen LogP contribution >= 0.6 is 11.6 Å². The SMILES string of the molecule is COc1c(C)cc(Cl)cc1-c1nc[nH]c1CCN. The number of hydrogen-bond donors (Lipinski definition) is 2. The molecule has 3 N–H and O–H groups in total. The molecule has 0 aliphatic heterocycles. The van der Waals surface area contributed by atoms with Gasteiger partial charge >= 0.3 is 0 Å². The first-order chi connectivity index (χ1) is 8.67. The van der Waals surface area contributed by atoms with Gasteiger partial charge in [0.2, 0.25) is 0 Å². The van der Waals surface area contributed by atoms with Crippen molar-refractivity contribution in [3.63, 3.8) is 0 Å². The minimum absolute atomic E-state index is 0.567. The number of imidazole rings is 1. The molecule has 1 heterocycles. The molecule has 1 aromatic carbocycles. The summed E-state index contributed by atoms with van der Waals surface area (Å²) >= 11 is 6.11. The molecule has 5 heteroatoms. The lowest BCUT2D eigenvalue weighted by atomic mass is 10.0. The fraction of sp³-hybridized carbons (Fsp3) is 0.308. The number of ether oxygens (including phenoxy) is 1. The maximum atomic E-state index is 6.11. The van der Waals surface area contributed by atoms with E-state index in [1.807, 2.05) is 19.1 Å². The van der Waals surface area contributed by atoms with Crippen LogP contribution in [0.2, 0.25) is 5.02 Å². The topological polar surface area (TPSA) is 63.9 Å². The number of halogens is 1. The highest BCUT2D eigenvalue weighted by Gasteiger charge is 2.15. The van der Waals surface area contributed by atoms with Crippen molar-refractivity contribution in [1.29, 1.82) is 0 Å². The van der Waals surface area contributed by atoms with Gasteiger partial charge in [-0.15, -0.1) is 0 Å². The second-order valence-corrected chi connectivity index (χ2v) is 4.51. The summed E-state index contributed by atoms with van der Waals surface area (Å²) in [6, 6.07) is 3.74. The van der Waals surface area contributed by atoms with Crippen molar-refractivity contribution in [2.75, 3.05) is 13.7 Å². The van der Waals surface area contributed by atoms with Gasteiger partial charge in [0.25, 0.3) is 0 Å². The Hall–Kier alpha value is -1.52. The number of nitrogens with two attached hydrogens (primary N) is 1. The molecule has 0 saturated carbocycles. The number of H-pyrrole nitrogens is 1. The van der Waals surface area contributed by atoms with Crippen molar-refractivity contribution in [1.82, 2.24) is 9.97 Å². The molecule has 0 atom stereocenters. The number of nitrogens with zero attached hydrogens (tertiary/aromatic N) is 1. The van der Waals surface area contributed by atoms with Gasteiger partial charge in [-0.2, -0.15) is 0 Å². The summed E-state index contributed by atoms with van der Waals surface area (Å²) in [6.07, 6.45) is 2.40. The molecule has 0 radical (unpaired) electrons. The molecule has 2 aromatic rings. The molecular formula is C13H16ClN3O. The molecule has 0 bridgehead atoms.